The van der Waals surface area contributed by atoms with E-state index in [1.807, 2.05) is 132 Å². The molecule has 3 aromatic heterocycles. The lowest BCUT2D eigenvalue weighted by Crippen LogP contribution is -2.23. The van der Waals surface area contributed by atoms with Crippen molar-refractivity contribution in [3.05, 3.63) is 153 Å². The summed E-state index contributed by atoms with van der Waals surface area (Å²) >= 11 is 1.30. The smallest absolute Gasteiger partial charge is 0.291 e. The summed E-state index contributed by atoms with van der Waals surface area (Å²) in [5, 5.41) is 9.35. The lowest BCUT2D eigenvalue weighted by molar-refractivity contribution is 0.306. The van der Waals surface area contributed by atoms with Crippen LogP contribution in [0.15, 0.2) is 120 Å². The predicted molar refractivity (Wildman–Crippen MR) is 178 cm³/mol. The minimum atomic E-state index is -0.227. The van der Waals surface area contributed by atoms with Gasteiger partial charge in [-0.1, -0.05) is 78.1 Å². The zero-order chi connectivity index (χ0) is 30.6. The van der Waals surface area contributed by atoms with Crippen molar-refractivity contribution < 1.29 is 9.47 Å². The molecule has 0 bridgehead atoms. The SMILES string of the molecule is COc1ccc(/C=C/c2nc3s/c(=C\c4cn(-c5ccccc5)nc4-c4ccc(OCc5ccccc5)cc4)c(=O)n3n2)cc1. The second-order valence-corrected chi connectivity index (χ2v) is 11.2. The minimum Gasteiger partial charge on any atom is -0.497 e. The van der Waals surface area contributed by atoms with E-state index in [0.717, 1.165) is 45.1 Å². The molecule has 3 heterocycles. The molecule has 0 saturated heterocycles. The molecule has 4 aromatic carbocycles. The standard InChI is InChI=1S/C36H27N5O3S/c1-43-30-17-12-25(13-18-30)14-21-33-37-36-41(38-33)35(42)32(45-36)22-28-23-40(29-10-6-3-7-11-29)39-34(28)27-15-19-31(20-16-27)44-24-26-8-4-2-5-9-26/h2-23H,24H2,1H3/b21-14+,32-22-. The Kier molecular flexibility index (Phi) is 7.74. The van der Waals surface area contributed by atoms with Crippen molar-refractivity contribution in [2.45, 2.75) is 6.61 Å². The fourth-order valence-electron chi connectivity index (χ4n) is 4.83. The highest BCUT2D eigenvalue weighted by Gasteiger charge is 2.14. The normalized spacial score (nSPS) is 11.9. The maximum Gasteiger partial charge on any atom is 0.291 e. The van der Waals surface area contributed by atoms with Crippen LogP contribution in [-0.2, 0) is 6.61 Å². The molecule has 0 spiro atoms. The minimum absolute atomic E-state index is 0.227. The number of benzene rings is 4. The van der Waals surface area contributed by atoms with Crippen LogP contribution in [0.5, 0.6) is 11.5 Å². The summed E-state index contributed by atoms with van der Waals surface area (Å²) in [4.78, 5) is 18.5. The molecule has 0 aliphatic heterocycles. The van der Waals surface area contributed by atoms with Gasteiger partial charge >= 0.3 is 0 Å². The number of para-hydroxylation sites is 1. The number of aromatic nitrogens is 5. The van der Waals surface area contributed by atoms with Crippen LogP contribution < -0.4 is 19.6 Å². The van der Waals surface area contributed by atoms with Gasteiger partial charge in [-0.05, 0) is 71.8 Å². The number of hydrogen-bond donors (Lipinski definition) is 0. The van der Waals surface area contributed by atoms with Gasteiger partial charge in [0.25, 0.3) is 5.56 Å². The Bertz CT molecular complexity index is 2200. The molecule has 45 heavy (non-hydrogen) atoms. The molecule has 0 saturated carbocycles. The van der Waals surface area contributed by atoms with Crippen molar-refractivity contribution in [3.63, 3.8) is 0 Å². The monoisotopic (exact) mass is 609 g/mol. The van der Waals surface area contributed by atoms with Gasteiger partial charge < -0.3 is 9.47 Å². The zero-order valence-corrected chi connectivity index (χ0v) is 25.1. The highest BCUT2D eigenvalue weighted by molar-refractivity contribution is 7.15. The van der Waals surface area contributed by atoms with Crippen molar-refractivity contribution in [1.82, 2.24) is 24.4 Å². The molecule has 0 N–H and O–H groups in total. The molecule has 0 aliphatic carbocycles. The highest BCUT2D eigenvalue weighted by Crippen LogP contribution is 2.27. The van der Waals surface area contributed by atoms with E-state index >= 15 is 0 Å². The molecule has 7 aromatic rings. The number of rotatable bonds is 9. The van der Waals surface area contributed by atoms with E-state index < -0.39 is 0 Å². The Labute approximate surface area is 262 Å². The molecule has 8 nitrogen and oxygen atoms in total. The third kappa shape index (κ3) is 6.15. The third-order valence-electron chi connectivity index (χ3n) is 7.16. The largest absolute Gasteiger partial charge is 0.497 e. The van der Waals surface area contributed by atoms with Crippen molar-refractivity contribution in [3.8, 4) is 28.4 Å². The van der Waals surface area contributed by atoms with Crippen LogP contribution in [-0.4, -0.2) is 31.5 Å². The molecule has 0 radical (unpaired) electrons. The molecule has 0 unspecified atom stereocenters. The van der Waals surface area contributed by atoms with Crippen LogP contribution in [0.1, 0.15) is 22.5 Å². The average molecular weight is 610 g/mol. The van der Waals surface area contributed by atoms with Crippen LogP contribution in [0.4, 0.5) is 0 Å². The van der Waals surface area contributed by atoms with E-state index in [4.69, 9.17) is 14.6 Å². The summed E-state index contributed by atoms with van der Waals surface area (Å²) in [6, 6.07) is 35.4. The molecular weight excluding hydrogens is 582 g/mol. The second kappa shape index (κ2) is 12.4. The number of fused-ring (bicyclic) bond motifs is 1. The van der Waals surface area contributed by atoms with Crippen LogP contribution in [0, 0.1) is 0 Å². The van der Waals surface area contributed by atoms with E-state index in [9.17, 15) is 4.79 Å². The van der Waals surface area contributed by atoms with Gasteiger partial charge in [-0.3, -0.25) is 4.79 Å². The van der Waals surface area contributed by atoms with Crippen LogP contribution >= 0.6 is 11.3 Å². The van der Waals surface area contributed by atoms with Gasteiger partial charge in [0, 0.05) is 17.3 Å². The second-order valence-electron chi connectivity index (χ2n) is 10.2. The first-order valence-electron chi connectivity index (χ1n) is 14.3. The maximum absolute atomic E-state index is 13.4. The molecule has 9 heteroatoms. The van der Waals surface area contributed by atoms with Gasteiger partial charge in [-0.15, -0.1) is 5.10 Å². The summed E-state index contributed by atoms with van der Waals surface area (Å²) in [5.41, 5.74) is 5.22. The van der Waals surface area contributed by atoms with Gasteiger partial charge in [0.2, 0.25) is 4.96 Å². The number of nitrogens with zero attached hydrogens (tertiary/aromatic N) is 5. The van der Waals surface area contributed by atoms with Crippen molar-refractivity contribution >= 4 is 34.5 Å². The molecule has 220 valence electrons. The third-order valence-corrected chi connectivity index (χ3v) is 8.12. The zero-order valence-electron chi connectivity index (χ0n) is 24.3. The molecule has 7 rings (SSSR count). The summed E-state index contributed by atoms with van der Waals surface area (Å²) in [5.74, 6) is 2.02. The lowest BCUT2D eigenvalue weighted by Gasteiger charge is -2.07. The number of methoxy groups -OCH3 is 1. The van der Waals surface area contributed by atoms with Crippen LogP contribution in [0.2, 0.25) is 0 Å². The van der Waals surface area contributed by atoms with E-state index in [0.29, 0.717) is 21.9 Å². The van der Waals surface area contributed by atoms with Crippen molar-refractivity contribution in [1.29, 1.82) is 0 Å². The first-order chi connectivity index (χ1) is 22.1. The van der Waals surface area contributed by atoms with E-state index in [1.165, 1.54) is 15.9 Å². The van der Waals surface area contributed by atoms with Crippen LogP contribution in [0.25, 0.3) is 40.1 Å². The molecular formula is C36H27N5O3S. The van der Waals surface area contributed by atoms with E-state index in [1.54, 1.807) is 13.2 Å². The Morgan fingerprint density at radius 2 is 1.51 bits per heavy atom. The quantitative estimate of drug-likeness (QED) is 0.191. The number of thiazole rings is 1. The fourth-order valence-corrected chi connectivity index (χ4v) is 5.73. The molecule has 0 atom stereocenters. The molecule has 0 fully saturated rings. The average Bonchev–Trinajstić information content (AvgIpc) is 3.78. The molecule has 0 aliphatic rings. The van der Waals surface area contributed by atoms with Gasteiger partial charge in [0.1, 0.15) is 23.8 Å². The fraction of sp³-hybridized carbons (Fsp3) is 0.0556. The number of hydrogen-bond acceptors (Lipinski definition) is 7. The molecule has 0 amide bonds. The van der Waals surface area contributed by atoms with Crippen molar-refractivity contribution in [2.24, 2.45) is 0 Å². The Morgan fingerprint density at radius 3 is 2.22 bits per heavy atom. The number of ether oxygens (including phenoxy) is 2. The van der Waals surface area contributed by atoms with E-state index in [2.05, 4.69) is 10.1 Å². The maximum atomic E-state index is 13.4. The topological polar surface area (TPSA) is 83.5 Å². The van der Waals surface area contributed by atoms with Crippen molar-refractivity contribution in [2.75, 3.05) is 7.11 Å². The van der Waals surface area contributed by atoms with E-state index in [-0.39, 0.29) is 5.56 Å². The van der Waals surface area contributed by atoms with Gasteiger partial charge in [-0.25, -0.2) is 4.68 Å². The summed E-state index contributed by atoms with van der Waals surface area (Å²) in [6.45, 7) is 0.487. The first kappa shape index (κ1) is 28.0. The van der Waals surface area contributed by atoms with Gasteiger partial charge in [-0.2, -0.15) is 14.6 Å². The summed E-state index contributed by atoms with van der Waals surface area (Å²) < 4.78 is 14.9. The Balaban J connectivity index is 1.20. The first-order valence-corrected chi connectivity index (χ1v) is 15.1. The lowest BCUT2D eigenvalue weighted by atomic mass is 10.1. The Hall–Kier alpha value is -5.80. The highest BCUT2D eigenvalue weighted by atomic mass is 32.1. The summed E-state index contributed by atoms with van der Waals surface area (Å²) in [6.07, 6.45) is 7.48. The van der Waals surface area contributed by atoms with Gasteiger partial charge in [0.05, 0.1) is 17.3 Å². The van der Waals surface area contributed by atoms with Gasteiger partial charge in [0.15, 0.2) is 5.82 Å². The predicted octanol–water partition coefficient (Wildman–Crippen LogP) is 6.31. The van der Waals surface area contributed by atoms with Crippen LogP contribution in [0.3, 0.4) is 0 Å². The summed E-state index contributed by atoms with van der Waals surface area (Å²) in [7, 11) is 1.63. The Morgan fingerprint density at radius 1 is 0.800 bits per heavy atom.